The minimum absolute atomic E-state index is 0.120. The number of nitrogens with two attached hydrogens (primary N) is 2. The molecular formula is C24H26N6O3. The molecular weight excluding hydrogens is 420 g/mol. The highest BCUT2D eigenvalue weighted by atomic mass is 16.5. The summed E-state index contributed by atoms with van der Waals surface area (Å²) < 4.78 is 5.27. The molecule has 0 bridgehead atoms. The monoisotopic (exact) mass is 446 g/mol. The lowest BCUT2D eigenvalue weighted by atomic mass is 10.1. The predicted molar refractivity (Wildman–Crippen MR) is 127 cm³/mol. The predicted octanol–water partition coefficient (Wildman–Crippen LogP) is 1.69. The Labute approximate surface area is 191 Å². The molecule has 0 unspecified atom stereocenters. The lowest BCUT2D eigenvalue weighted by molar-refractivity contribution is -0.152. The van der Waals surface area contributed by atoms with Crippen molar-refractivity contribution in [3.8, 4) is 0 Å². The number of piperazine rings is 1. The molecule has 4 N–H and O–H groups in total. The topological polar surface area (TPSA) is 128 Å². The number of nitrogen functional groups attached to an aromatic ring is 2. The van der Waals surface area contributed by atoms with Crippen molar-refractivity contribution >= 4 is 40.3 Å². The number of hydrogen-bond acceptors (Lipinski definition) is 7. The van der Waals surface area contributed by atoms with Gasteiger partial charge in [-0.2, -0.15) is 0 Å². The number of carbonyl (C=O) groups is 2. The van der Waals surface area contributed by atoms with Gasteiger partial charge < -0.3 is 26.0 Å². The first-order chi connectivity index (χ1) is 16.0. The number of anilines is 2. The number of fused-ring (bicyclic) bond motifs is 1. The van der Waals surface area contributed by atoms with E-state index in [1.807, 2.05) is 30.3 Å². The van der Waals surface area contributed by atoms with Gasteiger partial charge in [-0.15, -0.1) is 0 Å². The van der Waals surface area contributed by atoms with E-state index < -0.39 is 6.04 Å². The van der Waals surface area contributed by atoms with Crippen LogP contribution in [0.25, 0.3) is 17.0 Å². The number of aromatic nitrogens is 2. The van der Waals surface area contributed by atoms with Gasteiger partial charge in [0.25, 0.3) is 0 Å². The van der Waals surface area contributed by atoms with Crippen molar-refractivity contribution in [2.75, 3.05) is 38.3 Å². The summed E-state index contributed by atoms with van der Waals surface area (Å²) in [5, 5.41) is 0.771. The SMILES string of the molecule is COC[C@H]1C(=O)N(Cc2ccc3c(N)ncnc3c2)CCN1C(=O)C=Cc1cccc(N)c1. The van der Waals surface area contributed by atoms with Crippen LogP contribution in [0.3, 0.4) is 0 Å². The van der Waals surface area contributed by atoms with Crippen LogP contribution < -0.4 is 11.5 Å². The molecule has 9 heteroatoms. The molecule has 1 saturated heterocycles. The van der Waals surface area contributed by atoms with E-state index in [-0.39, 0.29) is 18.4 Å². The van der Waals surface area contributed by atoms with Gasteiger partial charge in [0.15, 0.2) is 0 Å². The highest BCUT2D eigenvalue weighted by Gasteiger charge is 2.36. The Morgan fingerprint density at radius 3 is 2.82 bits per heavy atom. The quantitative estimate of drug-likeness (QED) is 0.436. The van der Waals surface area contributed by atoms with E-state index in [0.717, 1.165) is 22.0 Å². The van der Waals surface area contributed by atoms with Crippen LogP contribution in [0, 0.1) is 0 Å². The van der Waals surface area contributed by atoms with Crippen molar-refractivity contribution < 1.29 is 14.3 Å². The zero-order chi connectivity index (χ0) is 23.4. The number of ether oxygens (including phenoxy) is 1. The van der Waals surface area contributed by atoms with E-state index in [2.05, 4.69) is 9.97 Å². The van der Waals surface area contributed by atoms with Gasteiger partial charge in [0.05, 0.1) is 12.1 Å². The van der Waals surface area contributed by atoms with Crippen LogP contribution in [0.15, 0.2) is 54.9 Å². The number of methoxy groups -OCH3 is 1. The zero-order valence-electron chi connectivity index (χ0n) is 18.3. The summed E-state index contributed by atoms with van der Waals surface area (Å²) in [7, 11) is 1.52. The smallest absolute Gasteiger partial charge is 0.248 e. The summed E-state index contributed by atoms with van der Waals surface area (Å²) >= 11 is 0. The van der Waals surface area contributed by atoms with Gasteiger partial charge in [0.1, 0.15) is 18.2 Å². The van der Waals surface area contributed by atoms with Gasteiger partial charge in [-0.3, -0.25) is 9.59 Å². The molecule has 9 nitrogen and oxygen atoms in total. The Hall–Kier alpha value is -3.98. The van der Waals surface area contributed by atoms with Crippen LogP contribution in [0.5, 0.6) is 0 Å². The maximum atomic E-state index is 13.2. The van der Waals surface area contributed by atoms with Crippen LogP contribution in [0.4, 0.5) is 11.5 Å². The fourth-order valence-electron chi connectivity index (χ4n) is 3.95. The Balaban J connectivity index is 1.48. The molecule has 170 valence electrons. The fourth-order valence-corrected chi connectivity index (χ4v) is 3.95. The van der Waals surface area contributed by atoms with Crippen molar-refractivity contribution in [1.29, 1.82) is 0 Å². The molecule has 0 spiro atoms. The minimum Gasteiger partial charge on any atom is -0.399 e. The Morgan fingerprint density at radius 1 is 1.18 bits per heavy atom. The number of rotatable bonds is 6. The molecule has 2 amide bonds. The third-order valence-corrected chi connectivity index (χ3v) is 5.63. The molecule has 0 radical (unpaired) electrons. The molecule has 2 aromatic carbocycles. The third-order valence-electron chi connectivity index (χ3n) is 5.63. The van der Waals surface area contributed by atoms with Gasteiger partial charge >= 0.3 is 0 Å². The molecule has 1 aromatic heterocycles. The fraction of sp³-hybridized carbons (Fsp3) is 0.250. The number of carbonyl (C=O) groups excluding carboxylic acids is 2. The summed E-state index contributed by atoms with van der Waals surface area (Å²) in [6.45, 7) is 1.35. The summed E-state index contributed by atoms with van der Waals surface area (Å²) in [5.74, 6) is 0.0163. The van der Waals surface area contributed by atoms with Gasteiger partial charge in [0, 0.05) is 43.9 Å². The van der Waals surface area contributed by atoms with Crippen LogP contribution in [0.1, 0.15) is 11.1 Å². The molecule has 4 rings (SSSR count). The second-order valence-electron chi connectivity index (χ2n) is 7.88. The third kappa shape index (κ3) is 4.93. The van der Waals surface area contributed by atoms with Crippen LogP contribution in [-0.2, 0) is 20.9 Å². The molecule has 0 aliphatic carbocycles. The van der Waals surface area contributed by atoms with E-state index in [0.29, 0.717) is 31.1 Å². The standard InChI is InChI=1S/C24H26N6O3/c1-33-14-21-24(32)29(13-17-5-7-19-20(12-17)27-15-28-23(19)26)9-10-30(21)22(31)8-6-16-3-2-4-18(25)11-16/h2-8,11-12,15,21H,9-10,13-14,25H2,1H3,(H2,26,27,28)/t21-/m0/s1. The average molecular weight is 447 g/mol. The number of amides is 2. The van der Waals surface area contributed by atoms with Crippen molar-refractivity contribution in [3.05, 3.63) is 66.0 Å². The maximum absolute atomic E-state index is 13.2. The van der Waals surface area contributed by atoms with E-state index in [9.17, 15) is 9.59 Å². The highest BCUT2D eigenvalue weighted by Crippen LogP contribution is 2.21. The van der Waals surface area contributed by atoms with Crippen LogP contribution in [0.2, 0.25) is 0 Å². The van der Waals surface area contributed by atoms with Crippen LogP contribution >= 0.6 is 0 Å². The van der Waals surface area contributed by atoms with Gasteiger partial charge in [-0.05, 0) is 41.5 Å². The van der Waals surface area contributed by atoms with E-state index in [1.165, 1.54) is 19.5 Å². The van der Waals surface area contributed by atoms with Crippen molar-refractivity contribution in [3.63, 3.8) is 0 Å². The normalized spacial score (nSPS) is 16.6. The van der Waals surface area contributed by atoms with Gasteiger partial charge in [0.2, 0.25) is 11.8 Å². The second-order valence-corrected chi connectivity index (χ2v) is 7.88. The molecule has 2 heterocycles. The van der Waals surface area contributed by atoms with E-state index in [4.69, 9.17) is 16.2 Å². The summed E-state index contributed by atoms with van der Waals surface area (Å²) in [6.07, 6.45) is 4.58. The first-order valence-electron chi connectivity index (χ1n) is 10.6. The Morgan fingerprint density at radius 2 is 2.03 bits per heavy atom. The molecule has 3 aromatic rings. The van der Waals surface area contributed by atoms with Gasteiger partial charge in [-0.1, -0.05) is 18.2 Å². The molecule has 1 atom stereocenters. The Bertz CT molecular complexity index is 1210. The first kappa shape index (κ1) is 22.2. The minimum atomic E-state index is -0.694. The number of benzene rings is 2. The van der Waals surface area contributed by atoms with Crippen molar-refractivity contribution in [2.45, 2.75) is 12.6 Å². The number of nitrogens with zero attached hydrogens (tertiary/aromatic N) is 4. The zero-order valence-corrected chi connectivity index (χ0v) is 18.3. The second kappa shape index (κ2) is 9.66. The van der Waals surface area contributed by atoms with Crippen molar-refractivity contribution in [2.24, 2.45) is 0 Å². The van der Waals surface area contributed by atoms with Crippen LogP contribution in [-0.4, -0.2) is 64.4 Å². The Kier molecular flexibility index (Phi) is 6.50. The lowest BCUT2D eigenvalue weighted by Gasteiger charge is -2.40. The average Bonchev–Trinajstić information content (AvgIpc) is 2.80. The van der Waals surface area contributed by atoms with Gasteiger partial charge in [-0.25, -0.2) is 9.97 Å². The molecule has 1 aliphatic heterocycles. The van der Waals surface area contributed by atoms with E-state index >= 15 is 0 Å². The molecule has 33 heavy (non-hydrogen) atoms. The largest absolute Gasteiger partial charge is 0.399 e. The lowest BCUT2D eigenvalue weighted by Crippen LogP contribution is -2.59. The summed E-state index contributed by atoms with van der Waals surface area (Å²) in [6, 6.07) is 12.2. The maximum Gasteiger partial charge on any atom is 0.248 e. The highest BCUT2D eigenvalue weighted by molar-refractivity contribution is 5.96. The summed E-state index contributed by atoms with van der Waals surface area (Å²) in [5.41, 5.74) is 14.8. The molecule has 1 aliphatic rings. The first-order valence-corrected chi connectivity index (χ1v) is 10.6. The molecule has 1 fully saturated rings. The van der Waals surface area contributed by atoms with E-state index in [1.54, 1.807) is 28.0 Å². The summed E-state index contributed by atoms with van der Waals surface area (Å²) in [4.78, 5) is 37.7. The van der Waals surface area contributed by atoms with Crippen molar-refractivity contribution in [1.82, 2.24) is 19.8 Å². The number of hydrogen-bond donors (Lipinski definition) is 2. The molecule has 0 saturated carbocycles.